The van der Waals surface area contributed by atoms with Crippen molar-refractivity contribution < 1.29 is 73.5 Å². The van der Waals surface area contributed by atoms with E-state index in [9.17, 15) is 15.3 Å². The summed E-state index contributed by atoms with van der Waals surface area (Å²) in [5, 5.41) is 39.0. The van der Waals surface area contributed by atoms with Crippen LogP contribution in [-0.4, -0.2) is 42.4 Å². The Labute approximate surface area is 890 Å². The molecule has 0 aliphatic heterocycles. The molecule has 0 atom stereocenters. The molecule has 0 unspecified atom stereocenters. The molecule has 3 N–H and O–H groups in total. The van der Waals surface area contributed by atoms with Crippen molar-refractivity contribution in [1.82, 2.24) is 15.0 Å². The van der Waals surface area contributed by atoms with E-state index < -0.39 is 44.2 Å². The number of halogens is 4. The van der Waals surface area contributed by atoms with Gasteiger partial charge in [0.05, 0.1) is 0 Å². The fourth-order valence-corrected chi connectivity index (χ4v) is 27.9. The maximum Gasteiger partial charge on any atom is 0.131 e. The summed E-state index contributed by atoms with van der Waals surface area (Å²) in [6, 6.07) is 77.1. The van der Waals surface area contributed by atoms with Crippen molar-refractivity contribution in [3.63, 3.8) is 0 Å². The number of hydrogen-bond donors (Lipinski definition) is 3. The molecule has 0 saturated heterocycles. The molecule has 10 nitrogen and oxygen atoms in total. The van der Waals surface area contributed by atoms with E-state index in [0.29, 0.717) is 42.9 Å². The van der Waals surface area contributed by atoms with E-state index in [2.05, 4.69) is 324 Å². The first-order chi connectivity index (χ1) is 65.9. The van der Waals surface area contributed by atoms with Crippen LogP contribution in [0, 0.1) is 105 Å². The third kappa shape index (κ3) is 34.3. The standard InChI is InChI=1S/C26H28O2Si.C24H26O.C15H24O.C10H15N.C10H12.2C6H3Cl2N.2C6H8N.2C5H10.C4H4N.Mo.2W/c1-26(2,3)29(4,5)28-23-17-9-13-19-11-7-15-21(25(19)23)20-14-6-10-18-12-8-16-22(27)24(18)20;1-14-10-16(3)22(17(4)11-14)20-8-7-9-21(24(20)25)23-18(5)12-15(2)13-19(23)6;1-10-8-11(14(2,3)4)13(16)12(9-10)15(5,6)7;11-10-4-7-1-8(5-10)3-9(2-7)6-10;1-10(2,3)9-7-5-4-6-8-9;2*7-4-2-1-3-5(8)6(4)9;2*1-5-3-4-6(2)7-5;2*1-5(2,3)4;1-2-4-5-3-1;;;/h6-17,27H,1-5H3;7-13,25H,1-6H3;8-9,16H,1-7H3;7-9H,1-6H2;1,4-8H,2-3H3;2*1-3H;2*3-4H,1-2H3;2*1H,2-4H3;1-4H;;;/q;;;;;;;2*-1;;;-1;;;. The van der Waals surface area contributed by atoms with Crippen molar-refractivity contribution in [2.75, 3.05) is 0 Å². The largest absolute Gasteiger partial charge is 0.670 e. The van der Waals surface area contributed by atoms with E-state index in [-0.39, 0.29) is 50.0 Å². The number of hydrogen-bond acceptors (Lipinski definition) is 7. The third-order valence-corrected chi connectivity index (χ3v) is 41.8. The molecular formula is C123H151Cl4MoN6O4SiW2-3. The first-order valence-corrected chi connectivity index (χ1v) is 61.4. The third-order valence-electron chi connectivity index (χ3n) is 25.4. The zero-order chi connectivity index (χ0) is 104. The van der Waals surface area contributed by atoms with Crippen LogP contribution in [-0.2, 0) is 70.0 Å². The van der Waals surface area contributed by atoms with Crippen LogP contribution in [0.25, 0.3) is 54.9 Å². The summed E-state index contributed by atoms with van der Waals surface area (Å²) >= 11 is 22.0. The topological polar surface area (TPSA) is 149 Å². The average Bonchev–Trinajstić information content (AvgIpc) is 0.887. The van der Waals surface area contributed by atoms with Crippen LogP contribution in [0.2, 0.25) is 38.2 Å². The Morgan fingerprint density at radius 2 is 0.752 bits per heavy atom. The minimum absolute atomic E-state index is 0.0178. The normalized spacial score (nSPS) is 15.2. The molecule has 11 aromatic carbocycles. The molecule has 18 heteroatoms. The van der Waals surface area contributed by atoms with Crippen molar-refractivity contribution >= 4 is 101 Å². The number of aromatic hydroxyl groups is 3. The van der Waals surface area contributed by atoms with Crippen LogP contribution in [0.1, 0.15) is 235 Å². The number of phenols is 3. The molecule has 14 aromatic rings. The van der Waals surface area contributed by atoms with Gasteiger partial charge in [-0.3, -0.25) is 0 Å². The van der Waals surface area contributed by atoms with Crippen molar-refractivity contribution in [2.24, 2.45) is 39.1 Å². The number of fused-ring (bicyclic) bond motifs is 2. The van der Waals surface area contributed by atoms with Gasteiger partial charge in [-0.05, 0) is 156 Å². The summed E-state index contributed by atoms with van der Waals surface area (Å²) in [6.07, 6.45) is 12.3. The molecule has 4 aliphatic rings. The number of rotatable bonds is 10. The predicted octanol–water partition coefficient (Wildman–Crippen LogP) is 36.3. The van der Waals surface area contributed by atoms with Gasteiger partial charge in [0.25, 0.3) is 8.32 Å². The monoisotopic (exact) mass is 2410 g/mol. The van der Waals surface area contributed by atoms with Crippen LogP contribution in [0.3, 0.4) is 0 Å². The smallest absolute Gasteiger partial charge is 0.131 e. The molecule has 18 rings (SSSR count). The molecule has 0 radical (unpaired) electrons. The molecule has 141 heavy (non-hydrogen) atoms. The van der Waals surface area contributed by atoms with Gasteiger partial charge in [-0.15, -0.1) is 0 Å². The van der Waals surface area contributed by atoms with Gasteiger partial charge in [-0.25, -0.2) is 0 Å². The van der Waals surface area contributed by atoms with Crippen LogP contribution < -0.4 is 19.4 Å². The number of aryl methyl sites for hydroxylation is 11. The first-order valence-electron chi connectivity index (χ1n) is 48.9. The van der Waals surface area contributed by atoms with E-state index >= 15 is 0 Å². The van der Waals surface area contributed by atoms with E-state index in [0.717, 1.165) is 124 Å². The second-order valence-electron chi connectivity index (χ2n) is 44.5. The predicted molar refractivity (Wildman–Crippen MR) is 599 cm³/mol. The molecule has 750 valence electrons. The maximum absolute atomic E-state index is 11.1. The Balaban J connectivity index is 0.000000184. The Hall–Kier alpha value is -8.57. The molecular weight excluding hydrogens is 2260 g/mol. The molecule has 3 aromatic heterocycles. The fourth-order valence-electron chi connectivity index (χ4n) is 18.1. The molecule has 3 heterocycles. The van der Waals surface area contributed by atoms with Crippen LogP contribution >= 0.6 is 46.4 Å². The van der Waals surface area contributed by atoms with E-state index in [1.807, 2.05) is 143 Å². The summed E-state index contributed by atoms with van der Waals surface area (Å²) < 4.78 is 28.4. The minimum Gasteiger partial charge on any atom is -0.670 e. The molecule has 4 aliphatic carbocycles. The zero-order valence-electron chi connectivity index (χ0n) is 89.0. The Bertz CT molecular complexity index is 6360. The number of nitrogens with zero attached hydrogens (tertiary/aromatic N) is 6. The molecule has 4 fully saturated rings. The van der Waals surface area contributed by atoms with E-state index in [4.69, 9.17) is 54.3 Å². The van der Waals surface area contributed by atoms with Gasteiger partial charge < -0.3 is 34.7 Å². The van der Waals surface area contributed by atoms with Gasteiger partial charge in [-0.2, -0.15) is 35.2 Å². The maximum atomic E-state index is 11.1. The van der Waals surface area contributed by atoms with Crippen molar-refractivity contribution in [3.05, 3.63) is 341 Å². The van der Waals surface area contributed by atoms with Gasteiger partial charge in [0.15, 0.2) is 0 Å². The van der Waals surface area contributed by atoms with Crippen LogP contribution in [0.4, 0.5) is 11.4 Å². The van der Waals surface area contributed by atoms with Crippen molar-refractivity contribution in [3.8, 4) is 56.4 Å². The van der Waals surface area contributed by atoms with Crippen LogP contribution in [0.15, 0.2) is 253 Å². The van der Waals surface area contributed by atoms with Crippen LogP contribution in [0.5, 0.6) is 23.0 Å². The number of phenolic OH excluding ortho intramolecular Hbond substituents is 3. The second-order valence-corrected chi connectivity index (χ2v) is 56.9. The van der Waals surface area contributed by atoms with Gasteiger partial charge >= 0.3 is 361 Å². The Morgan fingerprint density at radius 1 is 0.404 bits per heavy atom. The Kier molecular flexibility index (Phi) is 41.9. The minimum atomic E-state index is -2.00. The Morgan fingerprint density at radius 3 is 1.11 bits per heavy atom. The molecule has 0 spiro atoms. The summed E-state index contributed by atoms with van der Waals surface area (Å²) in [7, 11) is -2.00. The number of benzene rings is 11. The quantitative estimate of drug-likeness (QED) is 0.115. The van der Waals surface area contributed by atoms with Gasteiger partial charge in [0.2, 0.25) is 0 Å². The molecule has 0 amide bonds. The summed E-state index contributed by atoms with van der Waals surface area (Å²) in [5.41, 5.74) is 25.2. The number of para-hydroxylation sites is 1. The van der Waals surface area contributed by atoms with E-state index in [1.165, 1.54) is 83.0 Å². The molecule has 4 saturated carbocycles. The van der Waals surface area contributed by atoms with E-state index in [1.54, 1.807) is 18.5 Å². The van der Waals surface area contributed by atoms with Crippen molar-refractivity contribution in [2.45, 2.75) is 272 Å². The number of aromatic nitrogens is 3. The zero-order valence-corrected chi connectivity index (χ0v) is 101. The van der Waals surface area contributed by atoms with Gasteiger partial charge in [0.1, 0.15) is 23.0 Å². The van der Waals surface area contributed by atoms with Crippen molar-refractivity contribution in [1.29, 1.82) is 0 Å². The molecule has 4 bridgehead atoms. The first kappa shape index (κ1) is 116. The van der Waals surface area contributed by atoms with Gasteiger partial charge in [0, 0.05) is 21.9 Å². The average molecular weight is 2410 g/mol. The summed E-state index contributed by atoms with van der Waals surface area (Å²) in [5.74, 6) is 5.12. The summed E-state index contributed by atoms with van der Waals surface area (Å²) in [6.45, 7) is 64.6. The fraction of sp³-hybridized carbons (Fsp3) is 0.374. The summed E-state index contributed by atoms with van der Waals surface area (Å²) in [4.78, 5) is 11.9. The SMILES string of the molecule is CC(C)(C)[CH]=[W]=[N]c1c(Cl)cccc1Cl.CC(C)(C)[CH]=[W]=[N]c1c(Cl)cccc1Cl.CC(C)(C)[Si](C)(C)Oc1cccc2cccc(-c3cccc4cccc(O)c34)c12.CC(C)([CH]=[Mo]=[N]C12CC3CC(CC(C3)C1)C2)c1ccccc1.Cc1cc(C(C)(C)C)c(O)c(C(C)(C)C)c1.Cc1cc(C)c(-c2cccc(-c3c(C)cc(C)cc3C)c2O)c(C)c1.Cc1ccc(C)[n-]1.Cc1ccc(C)[n-]1.c1cc[n-]c1. The second kappa shape index (κ2) is 51.0. The van der Waals surface area contributed by atoms with Gasteiger partial charge in [-0.1, -0.05) is 258 Å².